The molecule has 0 saturated heterocycles. The molecule has 2 atom stereocenters. The van der Waals surface area contributed by atoms with Gasteiger partial charge in [0.15, 0.2) is 11.5 Å². The largest absolute Gasteiger partial charge is 0.384 e. The second-order valence-electron chi connectivity index (χ2n) is 9.17. The van der Waals surface area contributed by atoms with Gasteiger partial charge in [-0.25, -0.2) is 9.37 Å². The number of para-hydroxylation sites is 1. The number of nitrogens with zero attached hydrogens (tertiary/aromatic N) is 5. The molecule has 9 heteroatoms. The quantitative estimate of drug-likeness (QED) is 0.378. The molecule has 1 aliphatic rings. The van der Waals surface area contributed by atoms with E-state index < -0.39 is 5.82 Å². The van der Waals surface area contributed by atoms with Crippen molar-refractivity contribution >= 4 is 22.5 Å². The summed E-state index contributed by atoms with van der Waals surface area (Å²) in [5.41, 5.74) is 5.97. The summed E-state index contributed by atoms with van der Waals surface area (Å²) in [4.78, 5) is 17.1. The summed E-state index contributed by atoms with van der Waals surface area (Å²) in [6.07, 6.45) is 7.34. The van der Waals surface area contributed by atoms with Gasteiger partial charge >= 0.3 is 0 Å². The Morgan fingerprint density at radius 3 is 2.97 bits per heavy atom. The summed E-state index contributed by atoms with van der Waals surface area (Å²) in [6, 6.07) is 9.99. The minimum Gasteiger partial charge on any atom is -0.384 e. The van der Waals surface area contributed by atoms with Gasteiger partial charge in [-0.05, 0) is 37.0 Å². The van der Waals surface area contributed by atoms with E-state index in [0.717, 1.165) is 24.8 Å². The van der Waals surface area contributed by atoms with E-state index in [-0.39, 0.29) is 12.0 Å². The molecule has 2 N–H and O–H groups in total. The van der Waals surface area contributed by atoms with Gasteiger partial charge in [0, 0.05) is 53.0 Å². The van der Waals surface area contributed by atoms with Gasteiger partial charge in [-0.2, -0.15) is 14.6 Å². The van der Waals surface area contributed by atoms with Gasteiger partial charge in [-0.1, -0.05) is 25.1 Å². The molecule has 0 radical (unpaired) electrons. The second-order valence-corrected chi connectivity index (χ2v) is 9.17. The van der Waals surface area contributed by atoms with Gasteiger partial charge in [-0.15, -0.1) is 0 Å². The van der Waals surface area contributed by atoms with Crippen LogP contribution in [0.3, 0.4) is 0 Å². The first-order chi connectivity index (χ1) is 17.1. The van der Waals surface area contributed by atoms with Crippen molar-refractivity contribution in [1.82, 2.24) is 29.5 Å². The Hall–Kier alpha value is -3.85. The number of halogens is 1. The lowest BCUT2D eigenvalue weighted by atomic mass is 9.91. The topological polar surface area (TPSA) is 93.0 Å². The smallest absolute Gasteiger partial charge is 0.228 e. The molecule has 5 aromatic rings. The van der Waals surface area contributed by atoms with Crippen LogP contribution in [0.5, 0.6) is 0 Å². The van der Waals surface area contributed by atoms with Crippen LogP contribution in [-0.2, 0) is 17.6 Å². The Morgan fingerprint density at radius 2 is 2.11 bits per heavy atom. The molecule has 0 spiro atoms. The Labute approximate surface area is 201 Å². The number of aromatic nitrogens is 6. The van der Waals surface area contributed by atoms with Crippen molar-refractivity contribution in [2.75, 3.05) is 19.0 Å². The van der Waals surface area contributed by atoms with E-state index in [0.29, 0.717) is 29.6 Å². The molecule has 1 aliphatic carbocycles. The molecule has 0 amide bonds. The van der Waals surface area contributed by atoms with Crippen molar-refractivity contribution in [3.8, 4) is 11.4 Å². The second kappa shape index (κ2) is 8.74. The molecule has 4 aromatic heterocycles. The van der Waals surface area contributed by atoms with Gasteiger partial charge < -0.3 is 15.0 Å². The Morgan fingerprint density at radius 1 is 1.23 bits per heavy atom. The Kier molecular flexibility index (Phi) is 5.41. The first-order valence-corrected chi connectivity index (χ1v) is 11.8. The molecule has 0 fully saturated rings. The molecule has 0 saturated carbocycles. The molecule has 0 aliphatic heterocycles. The summed E-state index contributed by atoms with van der Waals surface area (Å²) in [5, 5.41) is 9.49. The fourth-order valence-electron chi connectivity index (χ4n) is 5.01. The number of nitrogens with one attached hydrogen (secondary N) is 2. The van der Waals surface area contributed by atoms with Crippen LogP contribution >= 0.6 is 0 Å². The predicted molar refractivity (Wildman–Crippen MR) is 132 cm³/mol. The van der Waals surface area contributed by atoms with Crippen LogP contribution in [-0.4, -0.2) is 49.3 Å². The number of ether oxygens (including phenoxy) is 1. The molecule has 178 valence electrons. The maximum atomic E-state index is 14.0. The normalized spacial score (nSPS) is 16.5. The van der Waals surface area contributed by atoms with Crippen molar-refractivity contribution in [3.63, 3.8) is 0 Å². The van der Waals surface area contributed by atoms with E-state index in [2.05, 4.69) is 51.6 Å². The number of H-pyrrole nitrogens is 1. The molecule has 4 heterocycles. The number of benzene rings is 1. The van der Waals surface area contributed by atoms with Gasteiger partial charge in [0.2, 0.25) is 5.95 Å². The number of pyridine rings is 1. The van der Waals surface area contributed by atoms with Crippen LogP contribution in [0.4, 0.5) is 10.3 Å². The van der Waals surface area contributed by atoms with Crippen LogP contribution in [0.15, 0.2) is 48.9 Å². The number of rotatable bonds is 6. The third kappa shape index (κ3) is 3.91. The standard InChI is InChI=1S/C26H26FN7O/c1-15(14-35-2)21-13-29-34-25(21)32-24(16-9-17(27)12-28-11-16)33-26(34)30-18-7-8-23-20(10-18)19-5-3-4-6-22(19)31-23/h3-6,9,11-13,15,18,31H,7-8,10,14H2,1-2H3,(H,30,32,33)/t15-,18+/m0/s1. The van der Waals surface area contributed by atoms with Gasteiger partial charge in [0.25, 0.3) is 0 Å². The highest BCUT2D eigenvalue weighted by Gasteiger charge is 2.25. The van der Waals surface area contributed by atoms with Crippen molar-refractivity contribution in [2.24, 2.45) is 0 Å². The van der Waals surface area contributed by atoms with Crippen LogP contribution in [0.1, 0.15) is 36.1 Å². The lowest BCUT2D eigenvalue weighted by Crippen LogP contribution is -2.29. The molecule has 0 bridgehead atoms. The van der Waals surface area contributed by atoms with E-state index in [1.54, 1.807) is 17.8 Å². The van der Waals surface area contributed by atoms with Crippen LogP contribution in [0.25, 0.3) is 27.9 Å². The third-order valence-electron chi connectivity index (χ3n) is 6.73. The molecule has 1 aromatic carbocycles. The van der Waals surface area contributed by atoms with E-state index >= 15 is 0 Å². The number of fused-ring (bicyclic) bond motifs is 4. The number of hydrogen-bond donors (Lipinski definition) is 2. The summed E-state index contributed by atoms with van der Waals surface area (Å²) in [7, 11) is 1.68. The Bertz CT molecular complexity index is 1530. The zero-order valence-corrected chi connectivity index (χ0v) is 19.6. The number of aromatic amines is 1. The maximum absolute atomic E-state index is 14.0. The van der Waals surface area contributed by atoms with E-state index in [9.17, 15) is 4.39 Å². The zero-order chi connectivity index (χ0) is 23.9. The molecule has 6 rings (SSSR count). The molecular formula is C26H26FN7O. The lowest BCUT2D eigenvalue weighted by Gasteiger charge is -2.24. The minimum absolute atomic E-state index is 0.0854. The lowest BCUT2D eigenvalue weighted by molar-refractivity contribution is 0.184. The number of methoxy groups -OCH3 is 1. The highest BCUT2D eigenvalue weighted by molar-refractivity contribution is 5.85. The summed E-state index contributed by atoms with van der Waals surface area (Å²) < 4.78 is 21.1. The average Bonchev–Trinajstić information content (AvgIpc) is 3.46. The first-order valence-electron chi connectivity index (χ1n) is 11.8. The predicted octanol–water partition coefficient (Wildman–Crippen LogP) is 4.53. The fourth-order valence-corrected chi connectivity index (χ4v) is 5.01. The molecule has 0 unspecified atom stereocenters. The molecule has 35 heavy (non-hydrogen) atoms. The van der Waals surface area contributed by atoms with Gasteiger partial charge in [-0.3, -0.25) is 4.98 Å². The zero-order valence-electron chi connectivity index (χ0n) is 19.6. The number of anilines is 1. The van der Waals surface area contributed by atoms with E-state index in [1.807, 2.05) is 6.20 Å². The average molecular weight is 472 g/mol. The minimum atomic E-state index is -0.430. The number of aryl methyl sites for hydroxylation is 1. The van der Waals surface area contributed by atoms with Crippen LogP contribution in [0.2, 0.25) is 0 Å². The van der Waals surface area contributed by atoms with Crippen molar-refractivity contribution < 1.29 is 9.13 Å². The third-order valence-corrected chi connectivity index (χ3v) is 6.73. The monoisotopic (exact) mass is 471 g/mol. The van der Waals surface area contributed by atoms with Crippen molar-refractivity contribution in [3.05, 3.63) is 71.6 Å². The highest BCUT2D eigenvalue weighted by Crippen LogP contribution is 2.31. The summed E-state index contributed by atoms with van der Waals surface area (Å²) >= 11 is 0. The number of hydrogen-bond acceptors (Lipinski definition) is 6. The molecular weight excluding hydrogens is 445 g/mol. The maximum Gasteiger partial charge on any atom is 0.228 e. The van der Waals surface area contributed by atoms with Crippen LogP contribution < -0.4 is 5.32 Å². The highest BCUT2D eigenvalue weighted by atomic mass is 19.1. The summed E-state index contributed by atoms with van der Waals surface area (Å²) in [5.74, 6) is 0.642. The van der Waals surface area contributed by atoms with Gasteiger partial charge in [0.1, 0.15) is 5.82 Å². The SMILES string of the molecule is COC[C@H](C)c1cnn2c(N[C@@H]3CCc4[nH]c5ccccc5c4C3)nc(-c3cncc(F)c3)nc12. The first kappa shape index (κ1) is 21.7. The summed E-state index contributed by atoms with van der Waals surface area (Å²) in [6.45, 7) is 2.61. The van der Waals surface area contributed by atoms with Crippen molar-refractivity contribution in [2.45, 2.75) is 38.1 Å². The van der Waals surface area contributed by atoms with Gasteiger partial charge in [0.05, 0.1) is 19.0 Å². The fraction of sp³-hybridized carbons (Fsp3) is 0.308. The van der Waals surface area contributed by atoms with E-state index in [1.165, 1.54) is 34.4 Å². The van der Waals surface area contributed by atoms with E-state index in [4.69, 9.17) is 14.7 Å². The Balaban J connectivity index is 1.41. The van der Waals surface area contributed by atoms with Crippen molar-refractivity contribution in [1.29, 1.82) is 0 Å². The van der Waals surface area contributed by atoms with Crippen LogP contribution in [0, 0.1) is 5.82 Å². The molecule has 8 nitrogen and oxygen atoms in total.